The van der Waals surface area contributed by atoms with Gasteiger partial charge in [0, 0.05) is 13.2 Å². The van der Waals surface area contributed by atoms with E-state index < -0.39 is 11.8 Å². The lowest BCUT2D eigenvalue weighted by molar-refractivity contribution is -0.139. The number of hydrogen-bond acceptors (Lipinski definition) is 4. The smallest absolute Gasteiger partial charge is 0.309 e. The Morgan fingerprint density at radius 3 is 2.07 bits per heavy atom. The molecule has 6 nitrogen and oxygen atoms in total. The molecule has 0 heterocycles. The third-order valence-corrected chi connectivity index (χ3v) is 3.88. The highest BCUT2D eigenvalue weighted by molar-refractivity contribution is 6.35. The van der Waals surface area contributed by atoms with Crippen LogP contribution in [0.15, 0.2) is 54.6 Å². The van der Waals surface area contributed by atoms with E-state index in [0.717, 1.165) is 11.1 Å². The Labute approximate surface area is 166 Å². The molecule has 0 aromatic heterocycles. The van der Waals surface area contributed by atoms with Crippen LogP contribution in [0.4, 0.5) is 0 Å². The van der Waals surface area contributed by atoms with E-state index in [-0.39, 0.29) is 19.3 Å². The molecule has 150 valence electrons. The fourth-order valence-corrected chi connectivity index (χ4v) is 2.46. The van der Waals surface area contributed by atoms with Gasteiger partial charge in [0.15, 0.2) is 0 Å². The van der Waals surface area contributed by atoms with Crippen molar-refractivity contribution in [1.29, 1.82) is 0 Å². The van der Waals surface area contributed by atoms with Crippen LogP contribution >= 0.6 is 0 Å². The van der Waals surface area contributed by atoms with Crippen LogP contribution in [-0.2, 0) is 14.3 Å². The maximum absolute atomic E-state index is 11.7. The van der Waals surface area contributed by atoms with Crippen molar-refractivity contribution in [2.24, 2.45) is 0 Å². The minimum atomic E-state index is -0.659. The summed E-state index contributed by atoms with van der Waals surface area (Å²) in [5.41, 5.74) is 2.25. The van der Waals surface area contributed by atoms with E-state index in [2.05, 4.69) is 10.6 Å². The summed E-state index contributed by atoms with van der Waals surface area (Å²) >= 11 is 0. The number of carbonyl (C=O) groups excluding carboxylic acids is 2. The second-order valence-electron chi connectivity index (χ2n) is 6.52. The summed E-state index contributed by atoms with van der Waals surface area (Å²) in [6.07, 6.45) is 0.827. The molecule has 0 saturated carbocycles. The molecule has 0 aliphatic carbocycles. The van der Waals surface area contributed by atoms with Crippen LogP contribution in [0.3, 0.4) is 0 Å². The van der Waals surface area contributed by atoms with E-state index in [0.29, 0.717) is 25.3 Å². The van der Waals surface area contributed by atoms with Gasteiger partial charge in [-0.1, -0.05) is 42.5 Å². The van der Waals surface area contributed by atoms with E-state index in [1.54, 1.807) is 0 Å². The van der Waals surface area contributed by atoms with Crippen LogP contribution in [0, 0.1) is 0 Å². The number of ether oxygens (including phenoxy) is 2. The maximum Gasteiger partial charge on any atom is 0.309 e. The van der Waals surface area contributed by atoms with Gasteiger partial charge in [0.1, 0.15) is 12.4 Å². The average molecular weight is 384 g/mol. The molecule has 0 unspecified atom stereocenters. The van der Waals surface area contributed by atoms with Gasteiger partial charge < -0.3 is 20.1 Å². The van der Waals surface area contributed by atoms with Crippen LogP contribution in [0.2, 0.25) is 0 Å². The standard InChI is InChI=1S/C22H28N2O4/c1-17(2)27-15-6-13-23-21(25)22(26)24-14-16-28-20-11-9-19(10-12-20)18-7-4-3-5-8-18/h3-5,7-12,17H,6,13-16H2,1-2H3,(H,23,25)(H,24,26). The van der Waals surface area contributed by atoms with E-state index in [1.165, 1.54) is 0 Å². The van der Waals surface area contributed by atoms with Crippen molar-refractivity contribution in [1.82, 2.24) is 10.6 Å². The lowest BCUT2D eigenvalue weighted by Gasteiger charge is -2.10. The molecule has 2 aromatic rings. The van der Waals surface area contributed by atoms with Gasteiger partial charge in [-0.3, -0.25) is 9.59 Å². The van der Waals surface area contributed by atoms with Crippen LogP contribution < -0.4 is 15.4 Å². The summed E-state index contributed by atoms with van der Waals surface area (Å²) in [6, 6.07) is 17.8. The number of benzene rings is 2. The third-order valence-electron chi connectivity index (χ3n) is 3.88. The van der Waals surface area contributed by atoms with Gasteiger partial charge in [0.05, 0.1) is 12.6 Å². The highest BCUT2D eigenvalue weighted by Crippen LogP contribution is 2.21. The molecule has 2 rings (SSSR count). The van der Waals surface area contributed by atoms with Gasteiger partial charge in [-0.15, -0.1) is 0 Å². The first-order valence-corrected chi connectivity index (χ1v) is 9.52. The summed E-state index contributed by atoms with van der Waals surface area (Å²) in [7, 11) is 0. The topological polar surface area (TPSA) is 76.7 Å². The molecule has 0 saturated heterocycles. The molecule has 0 spiro atoms. The Morgan fingerprint density at radius 1 is 0.821 bits per heavy atom. The Kier molecular flexibility index (Phi) is 9.01. The minimum absolute atomic E-state index is 0.161. The van der Waals surface area contributed by atoms with E-state index in [4.69, 9.17) is 9.47 Å². The first-order chi connectivity index (χ1) is 13.6. The first-order valence-electron chi connectivity index (χ1n) is 9.52. The Bertz CT molecular complexity index is 730. The molecule has 0 bridgehead atoms. The second kappa shape index (κ2) is 11.8. The minimum Gasteiger partial charge on any atom is -0.492 e. The number of nitrogens with one attached hydrogen (secondary N) is 2. The lowest BCUT2D eigenvalue weighted by Crippen LogP contribution is -2.41. The SMILES string of the molecule is CC(C)OCCCNC(=O)C(=O)NCCOc1ccc(-c2ccccc2)cc1. The van der Waals surface area contributed by atoms with Gasteiger partial charge in [0.2, 0.25) is 0 Å². The predicted molar refractivity (Wildman–Crippen MR) is 109 cm³/mol. The highest BCUT2D eigenvalue weighted by Gasteiger charge is 2.11. The van der Waals surface area contributed by atoms with Gasteiger partial charge in [-0.05, 0) is 43.5 Å². The zero-order chi connectivity index (χ0) is 20.2. The van der Waals surface area contributed by atoms with Crippen molar-refractivity contribution in [3.8, 4) is 16.9 Å². The average Bonchev–Trinajstić information content (AvgIpc) is 2.71. The molecular weight excluding hydrogens is 356 g/mol. The van der Waals surface area contributed by atoms with Crippen molar-refractivity contribution in [3.05, 3.63) is 54.6 Å². The molecule has 28 heavy (non-hydrogen) atoms. The Morgan fingerprint density at radius 2 is 1.43 bits per heavy atom. The summed E-state index contributed by atoms with van der Waals surface area (Å²) in [5, 5.41) is 5.11. The molecule has 0 atom stereocenters. The Hall–Kier alpha value is -2.86. The van der Waals surface area contributed by atoms with E-state index in [1.807, 2.05) is 68.4 Å². The summed E-state index contributed by atoms with van der Waals surface area (Å²) in [6.45, 7) is 5.40. The summed E-state index contributed by atoms with van der Waals surface area (Å²) in [4.78, 5) is 23.4. The molecule has 0 fully saturated rings. The van der Waals surface area contributed by atoms with Crippen LogP contribution in [-0.4, -0.2) is 44.2 Å². The zero-order valence-corrected chi connectivity index (χ0v) is 16.4. The normalized spacial score (nSPS) is 10.5. The van der Waals surface area contributed by atoms with Crippen molar-refractivity contribution >= 4 is 11.8 Å². The van der Waals surface area contributed by atoms with E-state index >= 15 is 0 Å². The first kappa shape index (κ1) is 21.4. The molecule has 6 heteroatoms. The fourth-order valence-electron chi connectivity index (χ4n) is 2.46. The van der Waals surface area contributed by atoms with Gasteiger partial charge >= 0.3 is 11.8 Å². The van der Waals surface area contributed by atoms with Gasteiger partial charge in [-0.25, -0.2) is 0 Å². The molecule has 0 radical (unpaired) electrons. The number of rotatable bonds is 10. The molecule has 0 aliphatic rings. The third kappa shape index (κ3) is 7.80. The number of hydrogen-bond donors (Lipinski definition) is 2. The van der Waals surface area contributed by atoms with Crippen LogP contribution in [0.5, 0.6) is 5.75 Å². The zero-order valence-electron chi connectivity index (χ0n) is 16.4. The van der Waals surface area contributed by atoms with Crippen LogP contribution in [0.25, 0.3) is 11.1 Å². The van der Waals surface area contributed by atoms with Crippen molar-refractivity contribution in [3.63, 3.8) is 0 Å². The fraction of sp³-hybridized carbons (Fsp3) is 0.364. The lowest BCUT2D eigenvalue weighted by atomic mass is 10.1. The molecule has 2 N–H and O–H groups in total. The van der Waals surface area contributed by atoms with Crippen molar-refractivity contribution < 1.29 is 19.1 Å². The molecular formula is C22H28N2O4. The van der Waals surface area contributed by atoms with Gasteiger partial charge in [0.25, 0.3) is 0 Å². The second-order valence-corrected chi connectivity index (χ2v) is 6.52. The maximum atomic E-state index is 11.7. The molecule has 2 aromatic carbocycles. The van der Waals surface area contributed by atoms with E-state index in [9.17, 15) is 9.59 Å². The largest absolute Gasteiger partial charge is 0.492 e. The summed E-state index contributed by atoms with van der Waals surface area (Å²) < 4.78 is 11.0. The molecule has 0 aliphatic heterocycles. The van der Waals surface area contributed by atoms with Gasteiger partial charge in [-0.2, -0.15) is 0 Å². The monoisotopic (exact) mass is 384 g/mol. The highest BCUT2D eigenvalue weighted by atomic mass is 16.5. The number of carbonyl (C=O) groups is 2. The van der Waals surface area contributed by atoms with Crippen molar-refractivity contribution in [2.45, 2.75) is 26.4 Å². The van der Waals surface area contributed by atoms with Crippen LogP contribution in [0.1, 0.15) is 20.3 Å². The molecule has 2 amide bonds. The predicted octanol–water partition coefficient (Wildman–Crippen LogP) is 2.78. The quantitative estimate of drug-likeness (QED) is 0.488. The van der Waals surface area contributed by atoms with Crippen molar-refractivity contribution in [2.75, 3.05) is 26.3 Å². The summed E-state index contributed by atoms with van der Waals surface area (Å²) in [5.74, 6) is -0.590. The Balaban J connectivity index is 1.61. The number of amides is 2.